The van der Waals surface area contributed by atoms with Crippen molar-refractivity contribution >= 4 is 27.8 Å². The predicted octanol–water partition coefficient (Wildman–Crippen LogP) is 2.89. The Morgan fingerprint density at radius 1 is 1.52 bits per heavy atom. The molecule has 0 radical (unpaired) electrons. The summed E-state index contributed by atoms with van der Waals surface area (Å²) in [6.07, 6.45) is 3.01. The average molecular weight is 385 g/mol. The summed E-state index contributed by atoms with van der Waals surface area (Å²) in [7, 11) is 0. The summed E-state index contributed by atoms with van der Waals surface area (Å²) in [6.45, 7) is 2.16. The van der Waals surface area contributed by atoms with Crippen LogP contribution in [0.4, 0.5) is 9.18 Å². The standard InChI is InChI=1S/C16H18BrFN2O3/c1-10(21)16(19,13-8-12(18)2-3-14(13)17)6-4-11-5-7-20(9-11)15(22)23/h2-4,6,8,11H,5,7,9,19H2,1H3,(H,22,23). The van der Waals surface area contributed by atoms with Gasteiger partial charge in [0.25, 0.3) is 0 Å². The van der Waals surface area contributed by atoms with Crippen LogP contribution in [0.5, 0.6) is 0 Å². The molecule has 1 aliphatic heterocycles. The summed E-state index contributed by atoms with van der Waals surface area (Å²) < 4.78 is 14.1. The lowest BCUT2D eigenvalue weighted by Gasteiger charge is -2.25. The molecule has 0 spiro atoms. The van der Waals surface area contributed by atoms with Crippen molar-refractivity contribution in [2.24, 2.45) is 11.7 Å². The van der Waals surface area contributed by atoms with Crippen molar-refractivity contribution in [1.29, 1.82) is 0 Å². The van der Waals surface area contributed by atoms with Crippen LogP contribution in [0.15, 0.2) is 34.8 Å². The zero-order valence-electron chi connectivity index (χ0n) is 12.6. The van der Waals surface area contributed by atoms with E-state index < -0.39 is 17.4 Å². The van der Waals surface area contributed by atoms with E-state index in [0.717, 1.165) is 0 Å². The molecule has 0 aliphatic carbocycles. The van der Waals surface area contributed by atoms with Gasteiger partial charge in [-0.2, -0.15) is 0 Å². The summed E-state index contributed by atoms with van der Waals surface area (Å²) in [5.41, 5.74) is 5.12. The normalized spacial score (nSPS) is 20.7. The second kappa shape index (κ2) is 6.80. The maximum atomic E-state index is 13.5. The first-order valence-corrected chi connectivity index (χ1v) is 7.96. The molecule has 0 bridgehead atoms. The zero-order chi connectivity index (χ0) is 17.2. The van der Waals surface area contributed by atoms with Crippen molar-refractivity contribution in [3.05, 3.63) is 46.2 Å². The van der Waals surface area contributed by atoms with E-state index in [9.17, 15) is 14.0 Å². The largest absolute Gasteiger partial charge is 0.465 e. The molecule has 1 amide bonds. The number of nitrogens with two attached hydrogens (primary N) is 1. The Morgan fingerprint density at radius 3 is 2.78 bits per heavy atom. The molecule has 1 aromatic rings. The van der Waals surface area contributed by atoms with Crippen LogP contribution in [0.25, 0.3) is 0 Å². The van der Waals surface area contributed by atoms with Crippen LogP contribution in [0.3, 0.4) is 0 Å². The van der Waals surface area contributed by atoms with Gasteiger partial charge in [-0.1, -0.05) is 28.1 Å². The summed E-state index contributed by atoms with van der Waals surface area (Å²) in [5, 5.41) is 8.97. The van der Waals surface area contributed by atoms with E-state index in [1.165, 1.54) is 30.0 Å². The highest BCUT2D eigenvalue weighted by Crippen LogP contribution is 2.30. The van der Waals surface area contributed by atoms with Gasteiger partial charge in [-0.3, -0.25) is 4.79 Å². The van der Waals surface area contributed by atoms with Crippen LogP contribution < -0.4 is 5.73 Å². The molecule has 0 aromatic heterocycles. The van der Waals surface area contributed by atoms with E-state index in [2.05, 4.69) is 15.9 Å². The van der Waals surface area contributed by atoms with Crippen LogP contribution in [0, 0.1) is 11.7 Å². The first kappa shape index (κ1) is 17.6. The third-order valence-corrected chi connectivity index (χ3v) is 4.77. The molecule has 2 atom stereocenters. The number of rotatable bonds is 4. The van der Waals surface area contributed by atoms with Gasteiger partial charge in [-0.25, -0.2) is 9.18 Å². The van der Waals surface area contributed by atoms with Crippen molar-refractivity contribution in [1.82, 2.24) is 4.90 Å². The maximum absolute atomic E-state index is 13.5. The molecule has 1 aromatic carbocycles. The number of carboxylic acid groups (broad SMARTS) is 1. The van der Waals surface area contributed by atoms with Gasteiger partial charge in [0.05, 0.1) is 0 Å². The number of carbonyl (C=O) groups is 2. The molecule has 2 unspecified atom stereocenters. The minimum absolute atomic E-state index is 0.0132. The van der Waals surface area contributed by atoms with Crippen molar-refractivity contribution in [3.8, 4) is 0 Å². The lowest BCUT2D eigenvalue weighted by Crippen LogP contribution is -2.42. The minimum atomic E-state index is -1.46. The monoisotopic (exact) mass is 384 g/mol. The van der Waals surface area contributed by atoms with Crippen molar-refractivity contribution in [2.45, 2.75) is 18.9 Å². The highest BCUT2D eigenvalue weighted by Gasteiger charge is 2.33. The third kappa shape index (κ3) is 3.79. The Balaban J connectivity index is 2.28. The lowest BCUT2D eigenvalue weighted by atomic mass is 9.85. The van der Waals surface area contributed by atoms with Gasteiger partial charge in [-0.15, -0.1) is 0 Å². The van der Waals surface area contributed by atoms with Crippen LogP contribution >= 0.6 is 15.9 Å². The summed E-state index contributed by atoms with van der Waals surface area (Å²) in [6, 6.07) is 4.01. The van der Waals surface area contributed by atoms with Crippen LogP contribution in [-0.2, 0) is 10.3 Å². The van der Waals surface area contributed by atoms with Gasteiger partial charge in [0.15, 0.2) is 5.78 Å². The lowest BCUT2D eigenvalue weighted by molar-refractivity contribution is -0.120. The molecular weight excluding hydrogens is 367 g/mol. The summed E-state index contributed by atoms with van der Waals surface area (Å²) in [4.78, 5) is 24.3. The van der Waals surface area contributed by atoms with Gasteiger partial charge in [-0.05, 0) is 37.5 Å². The first-order chi connectivity index (χ1) is 10.7. The maximum Gasteiger partial charge on any atom is 0.407 e. The van der Waals surface area contributed by atoms with E-state index in [-0.39, 0.29) is 11.7 Å². The second-order valence-corrected chi connectivity index (χ2v) is 6.54. The van der Waals surface area contributed by atoms with Gasteiger partial charge in [0.1, 0.15) is 11.4 Å². The van der Waals surface area contributed by atoms with Crippen LogP contribution in [-0.4, -0.2) is 35.0 Å². The molecule has 1 fully saturated rings. The highest BCUT2D eigenvalue weighted by molar-refractivity contribution is 9.10. The Bertz CT molecular complexity index is 665. The van der Waals surface area contributed by atoms with Gasteiger partial charge in [0.2, 0.25) is 0 Å². The molecule has 5 nitrogen and oxygen atoms in total. The highest BCUT2D eigenvalue weighted by atomic mass is 79.9. The molecule has 124 valence electrons. The van der Waals surface area contributed by atoms with E-state index >= 15 is 0 Å². The van der Waals surface area contributed by atoms with Gasteiger partial charge >= 0.3 is 6.09 Å². The number of ketones is 1. The van der Waals surface area contributed by atoms with E-state index in [1.807, 2.05) is 0 Å². The van der Waals surface area contributed by atoms with Gasteiger partial charge < -0.3 is 15.7 Å². The Hall–Kier alpha value is -1.73. The Morgan fingerprint density at radius 2 is 2.22 bits per heavy atom. The SMILES string of the molecule is CC(=O)C(N)(C=CC1CCN(C(=O)O)C1)c1cc(F)ccc1Br. The topological polar surface area (TPSA) is 83.6 Å². The fourth-order valence-electron chi connectivity index (χ4n) is 2.62. The number of hydrogen-bond acceptors (Lipinski definition) is 3. The molecule has 0 saturated carbocycles. The molecule has 1 saturated heterocycles. The quantitative estimate of drug-likeness (QED) is 0.781. The fourth-order valence-corrected chi connectivity index (χ4v) is 3.19. The van der Waals surface area contributed by atoms with E-state index in [0.29, 0.717) is 29.5 Å². The predicted molar refractivity (Wildman–Crippen MR) is 87.5 cm³/mol. The average Bonchev–Trinajstić information content (AvgIpc) is 2.96. The van der Waals surface area contributed by atoms with Gasteiger partial charge in [0, 0.05) is 23.1 Å². The number of halogens is 2. The van der Waals surface area contributed by atoms with Crippen LogP contribution in [0.1, 0.15) is 18.9 Å². The smallest absolute Gasteiger partial charge is 0.407 e. The molecule has 7 heteroatoms. The first-order valence-electron chi connectivity index (χ1n) is 7.16. The number of nitrogens with zero attached hydrogens (tertiary/aromatic N) is 1. The molecule has 3 N–H and O–H groups in total. The Kier molecular flexibility index (Phi) is 5.21. The number of amides is 1. The summed E-state index contributed by atoms with van der Waals surface area (Å²) in [5.74, 6) is -0.820. The summed E-state index contributed by atoms with van der Waals surface area (Å²) >= 11 is 3.30. The number of Topliss-reactive ketones (excluding diaryl/α,β-unsaturated/α-hetero) is 1. The number of benzene rings is 1. The second-order valence-electron chi connectivity index (χ2n) is 5.69. The number of carbonyl (C=O) groups excluding carboxylic acids is 1. The molecule has 23 heavy (non-hydrogen) atoms. The minimum Gasteiger partial charge on any atom is -0.465 e. The number of hydrogen-bond donors (Lipinski definition) is 2. The molecule has 2 rings (SSSR count). The zero-order valence-corrected chi connectivity index (χ0v) is 14.2. The van der Waals surface area contributed by atoms with Crippen molar-refractivity contribution < 1.29 is 19.1 Å². The van der Waals surface area contributed by atoms with Crippen molar-refractivity contribution in [2.75, 3.05) is 13.1 Å². The molecule has 1 aliphatic rings. The van der Waals surface area contributed by atoms with E-state index in [4.69, 9.17) is 10.8 Å². The van der Waals surface area contributed by atoms with E-state index in [1.54, 1.807) is 12.2 Å². The van der Waals surface area contributed by atoms with Crippen molar-refractivity contribution in [3.63, 3.8) is 0 Å². The fraction of sp³-hybridized carbons (Fsp3) is 0.375. The Labute approximate surface area is 142 Å². The third-order valence-electron chi connectivity index (χ3n) is 4.08. The van der Waals surface area contributed by atoms with Crippen LogP contribution in [0.2, 0.25) is 0 Å². The number of likely N-dealkylation sites (tertiary alicyclic amines) is 1. The molecule has 1 heterocycles. The molecular formula is C16H18BrFN2O3.